The van der Waals surface area contributed by atoms with Crippen molar-refractivity contribution in [1.29, 1.82) is 0 Å². The fourth-order valence-electron chi connectivity index (χ4n) is 4.16. The summed E-state index contributed by atoms with van der Waals surface area (Å²) in [5.41, 5.74) is 2.35. The molecule has 0 fully saturated rings. The van der Waals surface area contributed by atoms with Crippen LogP contribution < -0.4 is 15.2 Å². The molecule has 8 nitrogen and oxygen atoms in total. The van der Waals surface area contributed by atoms with E-state index in [2.05, 4.69) is 4.98 Å². The van der Waals surface area contributed by atoms with Crippen molar-refractivity contribution >= 4 is 20.9 Å². The van der Waals surface area contributed by atoms with E-state index in [0.717, 1.165) is 6.26 Å². The Morgan fingerprint density at radius 1 is 1.03 bits per heavy atom. The van der Waals surface area contributed by atoms with Gasteiger partial charge in [0, 0.05) is 17.4 Å². The van der Waals surface area contributed by atoms with Crippen molar-refractivity contribution in [2.75, 3.05) is 25.7 Å². The number of para-hydroxylation sites is 2. The van der Waals surface area contributed by atoms with Gasteiger partial charge in [-0.25, -0.2) is 13.2 Å². The normalized spacial score (nSPS) is 12.6. The lowest BCUT2D eigenvalue weighted by atomic mass is 10.0. The zero-order valence-electron chi connectivity index (χ0n) is 19.1. The van der Waals surface area contributed by atoms with E-state index < -0.39 is 21.6 Å². The smallest absolute Gasteiger partial charge is 0.327 e. The third-order valence-electron chi connectivity index (χ3n) is 5.59. The van der Waals surface area contributed by atoms with Crippen LogP contribution in [0.1, 0.15) is 18.5 Å². The maximum absolute atomic E-state index is 13.2. The van der Waals surface area contributed by atoms with Crippen LogP contribution in [0.3, 0.4) is 0 Å². The van der Waals surface area contributed by atoms with Gasteiger partial charge in [0.2, 0.25) is 0 Å². The van der Waals surface area contributed by atoms with Crippen molar-refractivity contribution in [3.63, 3.8) is 0 Å². The Labute approximate surface area is 197 Å². The van der Waals surface area contributed by atoms with E-state index in [1.165, 1.54) is 11.7 Å². The van der Waals surface area contributed by atoms with Crippen molar-refractivity contribution in [3.05, 3.63) is 76.7 Å². The highest BCUT2D eigenvalue weighted by Gasteiger charge is 2.26. The third kappa shape index (κ3) is 4.51. The number of aromatic amines is 1. The van der Waals surface area contributed by atoms with Crippen LogP contribution in [-0.4, -0.2) is 48.8 Å². The van der Waals surface area contributed by atoms with Gasteiger partial charge in [-0.15, -0.1) is 0 Å². The number of benzene rings is 3. The number of phenolic OH excluding ortho intramolecular Hbond substituents is 1. The lowest BCUT2D eigenvalue weighted by Gasteiger charge is -2.20. The molecule has 4 aromatic rings. The first-order chi connectivity index (χ1) is 16.2. The molecule has 1 heterocycles. The molecule has 9 heteroatoms. The van der Waals surface area contributed by atoms with E-state index in [1.54, 1.807) is 60.7 Å². The molecule has 1 atom stereocenters. The molecule has 0 saturated heterocycles. The molecule has 0 aliphatic rings. The zero-order chi connectivity index (χ0) is 24.5. The van der Waals surface area contributed by atoms with E-state index in [-0.39, 0.29) is 11.5 Å². The standard InChI is InChI=1S/C25H26N2O6S/c1-4-33-23-14-16(12-13-22(23)32-2)20(15-34(3,30)31)27-19-10-7-9-18(24(19)26-25(27)29)17-8-5-6-11-21(17)28/h5-14,20,28H,4,15H2,1-3H3,(H,26,29)/t20-/m1/s1. The van der Waals surface area contributed by atoms with E-state index >= 15 is 0 Å². The number of fused-ring (bicyclic) bond motifs is 1. The number of imidazole rings is 1. The molecular weight excluding hydrogens is 456 g/mol. The number of aromatic nitrogens is 2. The second kappa shape index (κ2) is 9.26. The molecule has 2 N–H and O–H groups in total. The van der Waals surface area contributed by atoms with Gasteiger partial charge in [0.15, 0.2) is 11.5 Å². The molecule has 0 spiro atoms. The van der Waals surface area contributed by atoms with Crippen LogP contribution in [0.15, 0.2) is 65.5 Å². The Balaban J connectivity index is 1.96. The first-order valence-corrected chi connectivity index (χ1v) is 12.8. The van der Waals surface area contributed by atoms with Crippen molar-refractivity contribution < 1.29 is 23.0 Å². The van der Waals surface area contributed by atoms with E-state index in [0.29, 0.717) is 45.8 Å². The van der Waals surface area contributed by atoms with Gasteiger partial charge in [-0.1, -0.05) is 36.4 Å². The fraction of sp³-hybridized carbons (Fsp3) is 0.240. The van der Waals surface area contributed by atoms with Crippen molar-refractivity contribution in [2.45, 2.75) is 13.0 Å². The summed E-state index contributed by atoms with van der Waals surface area (Å²) >= 11 is 0. The number of rotatable bonds is 8. The molecule has 0 amide bonds. The van der Waals surface area contributed by atoms with Gasteiger partial charge < -0.3 is 19.6 Å². The van der Waals surface area contributed by atoms with Gasteiger partial charge in [-0.3, -0.25) is 4.57 Å². The summed E-state index contributed by atoms with van der Waals surface area (Å²) in [5, 5.41) is 10.4. The molecule has 34 heavy (non-hydrogen) atoms. The second-order valence-corrected chi connectivity index (χ2v) is 10.2. The van der Waals surface area contributed by atoms with E-state index in [1.807, 2.05) is 6.92 Å². The van der Waals surface area contributed by atoms with E-state index in [4.69, 9.17) is 9.47 Å². The largest absolute Gasteiger partial charge is 0.507 e. The number of aromatic hydroxyl groups is 1. The van der Waals surface area contributed by atoms with Gasteiger partial charge in [-0.05, 0) is 36.8 Å². The van der Waals surface area contributed by atoms with Crippen LogP contribution in [-0.2, 0) is 9.84 Å². The minimum Gasteiger partial charge on any atom is -0.507 e. The molecule has 0 radical (unpaired) electrons. The number of ether oxygens (including phenoxy) is 2. The molecule has 178 valence electrons. The molecule has 0 saturated carbocycles. The summed E-state index contributed by atoms with van der Waals surface area (Å²) in [5.74, 6) is 0.756. The average molecular weight is 483 g/mol. The highest BCUT2D eigenvalue weighted by atomic mass is 32.2. The average Bonchev–Trinajstić information content (AvgIpc) is 3.13. The summed E-state index contributed by atoms with van der Waals surface area (Å²) in [6.45, 7) is 2.23. The number of phenols is 1. The zero-order valence-corrected chi connectivity index (χ0v) is 19.9. The number of methoxy groups -OCH3 is 1. The minimum atomic E-state index is -3.48. The van der Waals surface area contributed by atoms with Gasteiger partial charge >= 0.3 is 5.69 Å². The molecular formula is C25H26N2O6S. The number of H-pyrrole nitrogens is 1. The number of sulfone groups is 1. The molecule has 1 aromatic heterocycles. The summed E-state index contributed by atoms with van der Waals surface area (Å²) in [6.07, 6.45) is 1.14. The molecule has 0 bridgehead atoms. The molecule has 0 aliphatic carbocycles. The lowest BCUT2D eigenvalue weighted by Crippen LogP contribution is -2.28. The highest BCUT2D eigenvalue weighted by Crippen LogP contribution is 2.36. The SMILES string of the molecule is CCOc1cc([C@@H](CS(C)(=O)=O)n2c(=O)[nH]c3c(-c4ccccc4O)cccc32)ccc1OC. The van der Waals surface area contributed by atoms with Gasteiger partial charge in [0.25, 0.3) is 0 Å². The number of hydrogen-bond acceptors (Lipinski definition) is 6. The molecule has 0 unspecified atom stereocenters. The summed E-state index contributed by atoms with van der Waals surface area (Å²) in [6, 6.07) is 16.5. The molecule has 0 aliphatic heterocycles. The van der Waals surface area contributed by atoms with Crippen molar-refractivity contribution in [3.8, 4) is 28.4 Å². The maximum atomic E-state index is 13.2. The van der Waals surface area contributed by atoms with Crippen molar-refractivity contribution in [2.24, 2.45) is 0 Å². The maximum Gasteiger partial charge on any atom is 0.327 e. The Kier molecular flexibility index (Phi) is 6.39. The Bertz CT molecular complexity index is 1500. The van der Waals surface area contributed by atoms with Crippen LogP contribution in [0.5, 0.6) is 17.2 Å². The van der Waals surface area contributed by atoms with Crippen LogP contribution in [0.2, 0.25) is 0 Å². The molecule has 4 rings (SSSR count). The van der Waals surface area contributed by atoms with Crippen LogP contribution in [0.4, 0.5) is 0 Å². The fourth-order valence-corrected chi connectivity index (χ4v) is 5.07. The van der Waals surface area contributed by atoms with E-state index in [9.17, 15) is 18.3 Å². The quantitative estimate of drug-likeness (QED) is 0.396. The van der Waals surface area contributed by atoms with Crippen molar-refractivity contribution in [1.82, 2.24) is 9.55 Å². The van der Waals surface area contributed by atoms with Crippen LogP contribution in [0.25, 0.3) is 22.2 Å². The third-order valence-corrected chi connectivity index (χ3v) is 6.51. The second-order valence-electron chi connectivity index (χ2n) is 7.97. The predicted octanol–water partition coefficient (Wildman–Crippen LogP) is 3.74. The topological polar surface area (TPSA) is 111 Å². The summed E-state index contributed by atoms with van der Waals surface area (Å²) < 4.78 is 37.3. The van der Waals surface area contributed by atoms with Gasteiger partial charge in [-0.2, -0.15) is 0 Å². The Hall–Kier alpha value is -3.72. The Morgan fingerprint density at radius 2 is 1.76 bits per heavy atom. The number of nitrogens with zero attached hydrogens (tertiary/aromatic N) is 1. The van der Waals surface area contributed by atoms with Gasteiger partial charge in [0.1, 0.15) is 15.6 Å². The lowest BCUT2D eigenvalue weighted by molar-refractivity contribution is 0.310. The van der Waals surface area contributed by atoms with Crippen LogP contribution >= 0.6 is 0 Å². The predicted molar refractivity (Wildman–Crippen MR) is 132 cm³/mol. The van der Waals surface area contributed by atoms with Crippen LogP contribution in [0, 0.1) is 0 Å². The number of nitrogens with one attached hydrogen (secondary N) is 1. The summed E-state index contributed by atoms with van der Waals surface area (Å²) in [7, 11) is -1.95. The summed E-state index contributed by atoms with van der Waals surface area (Å²) in [4.78, 5) is 16.1. The molecule has 3 aromatic carbocycles. The highest BCUT2D eigenvalue weighted by molar-refractivity contribution is 7.90. The van der Waals surface area contributed by atoms with Gasteiger partial charge in [0.05, 0.1) is 36.5 Å². The first-order valence-electron chi connectivity index (χ1n) is 10.7. The first kappa shape index (κ1) is 23.4. The minimum absolute atomic E-state index is 0.0767. The number of hydrogen-bond donors (Lipinski definition) is 2. The Morgan fingerprint density at radius 3 is 2.44 bits per heavy atom. The monoisotopic (exact) mass is 482 g/mol.